The van der Waals surface area contributed by atoms with Crippen LogP contribution in [0.5, 0.6) is 0 Å². The minimum atomic E-state index is -0.453. The molecule has 0 radical (unpaired) electrons. The number of quaternary nitrogens is 1. The van der Waals surface area contributed by atoms with Crippen LogP contribution in [0.3, 0.4) is 0 Å². The summed E-state index contributed by atoms with van der Waals surface area (Å²) in [5, 5.41) is 4.75. The molecule has 1 amide bonds. The van der Waals surface area contributed by atoms with E-state index in [1.165, 1.54) is 36.3 Å². The zero-order chi connectivity index (χ0) is 18.3. The molecule has 1 N–H and O–H groups in total. The summed E-state index contributed by atoms with van der Waals surface area (Å²) in [6.07, 6.45) is 3.76. The first-order chi connectivity index (χ1) is 12.4. The molecule has 2 fully saturated rings. The van der Waals surface area contributed by atoms with E-state index in [4.69, 9.17) is 4.74 Å². The first-order valence-corrected chi connectivity index (χ1v) is 9.96. The van der Waals surface area contributed by atoms with Gasteiger partial charge in [0.2, 0.25) is 0 Å². The van der Waals surface area contributed by atoms with E-state index >= 15 is 0 Å². The SMILES string of the molecule is C[N+]1(C)[C@@H]2CC[C@H]1C[C@@H](OC(=O)Nc1ccc(F)cc1-c1cccs1)C2.[Br-]. The van der Waals surface area contributed by atoms with Crippen molar-refractivity contribution >= 4 is 23.1 Å². The average molecular weight is 455 g/mol. The fraction of sp³-hybridized carbons (Fsp3) is 0.450. The second-order valence-electron chi connectivity index (χ2n) is 7.81. The summed E-state index contributed by atoms with van der Waals surface area (Å²) in [7, 11) is 4.56. The van der Waals surface area contributed by atoms with E-state index < -0.39 is 6.09 Å². The van der Waals surface area contributed by atoms with Crippen LogP contribution in [0.15, 0.2) is 35.7 Å². The van der Waals surface area contributed by atoms with Crippen molar-refractivity contribution in [2.45, 2.75) is 43.9 Å². The molecule has 2 aliphatic heterocycles. The van der Waals surface area contributed by atoms with Crippen molar-refractivity contribution in [2.75, 3.05) is 19.4 Å². The Morgan fingerprint density at radius 3 is 2.56 bits per heavy atom. The molecule has 2 aliphatic rings. The molecule has 2 aromatic rings. The molecular formula is C20H24BrFN2O2S. The van der Waals surface area contributed by atoms with Gasteiger partial charge in [-0.1, -0.05) is 6.07 Å². The Morgan fingerprint density at radius 1 is 1.22 bits per heavy atom. The zero-order valence-electron chi connectivity index (χ0n) is 15.5. The highest BCUT2D eigenvalue weighted by Crippen LogP contribution is 2.40. The Bertz CT molecular complexity index is 796. The van der Waals surface area contributed by atoms with Gasteiger partial charge in [-0.3, -0.25) is 5.32 Å². The molecule has 3 heterocycles. The standard InChI is InChI=1S/C20H23FN2O2S.BrH/c1-23(2)14-6-7-15(23)12-16(11-14)25-20(24)22-18-8-5-13(21)10-17(18)19-4-3-9-26-19;/h3-5,8-10,14-16H,6-7,11-12H2,1-2H3;1H/t14-,15+,16+;. The van der Waals surface area contributed by atoms with Gasteiger partial charge in [-0.15, -0.1) is 11.3 Å². The highest BCUT2D eigenvalue weighted by Gasteiger charge is 2.49. The lowest BCUT2D eigenvalue weighted by Gasteiger charge is -2.43. The number of thiophene rings is 1. The number of fused-ring (bicyclic) bond motifs is 2. The van der Waals surface area contributed by atoms with Crippen LogP contribution < -0.4 is 22.3 Å². The van der Waals surface area contributed by atoms with Crippen LogP contribution in [0.2, 0.25) is 0 Å². The van der Waals surface area contributed by atoms with Crippen molar-refractivity contribution in [2.24, 2.45) is 0 Å². The van der Waals surface area contributed by atoms with Crippen molar-refractivity contribution in [3.63, 3.8) is 0 Å². The van der Waals surface area contributed by atoms with Gasteiger partial charge >= 0.3 is 6.09 Å². The molecule has 3 atom stereocenters. The van der Waals surface area contributed by atoms with Crippen LogP contribution in [0, 0.1) is 5.82 Å². The molecule has 1 aromatic heterocycles. The number of piperidine rings is 1. The van der Waals surface area contributed by atoms with Crippen LogP contribution in [-0.2, 0) is 4.74 Å². The minimum absolute atomic E-state index is 0. The van der Waals surface area contributed by atoms with E-state index in [0.29, 0.717) is 23.3 Å². The number of benzene rings is 1. The number of hydrogen-bond acceptors (Lipinski definition) is 3. The van der Waals surface area contributed by atoms with Crippen LogP contribution in [0.25, 0.3) is 10.4 Å². The molecule has 2 saturated heterocycles. The fourth-order valence-electron chi connectivity index (χ4n) is 4.48. The van der Waals surface area contributed by atoms with Crippen molar-refractivity contribution in [3.05, 3.63) is 41.5 Å². The quantitative estimate of drug-likeness (QED) is 0.718. The average Bonchev–Trinajstić information content (AvgIpc) is 3.13. The van der Waals surface area contributed by atoms with Gasteiger partial charge in [-0.05, 0) is 29.6 Å². The molecular weight excluding hydrogens is 431 g/mol. The maximum atomic E-state index is 13.7. The number of amides is 1. The Labute approximate surface area is 173 Å². The lowest BCUT2D eigenvalue weighted by Crippen LogP contribution is -3.00. The van der Waals surface area contributed by atoms with Gasteiger partial charge in [-0.2, -0.15) is 0 Å². The number of hydrogen-bond donors (Lipinski definition) is 1. The lowest BCUT2D eigenvalue weighted by atomic mass is 9.98. The fourth-order valence-corrected chi connectivity index (χ4v) is 5.24. The molecule has 27 heavy (non-hydrogen) atoms. The summed E-state index contributed by atoms with van der Waals surface area (Å²) in [6, 6.07) is 9.35. The van der Waals surface area contributed by atoms with Crippen LogP contribution >= 0.6 is 11.3 Å². The smallest absolute Gasteiger partial charge is 0.411 e. The second-order valence-corrected chi connectivity index (χ2v) is 8.75. The molecule has 4 nitrogen and oxygen atoms in total. The molecule has 1 aromatic carbocycles. The van der Waals surface area contributed by atoms with Gasteiger partial charge in [0.1, 0.15) is 11.9 Å². The molecule has 4 rings (SSSR count). The number of nitrogens with one attached hydrogen (secondary N) is 1. The predicted molar refractivity (Wildman–Crippen MR) is 102 cm³/mol. The first-order valence-electron chi connectivity index (χ1n) is 9.08. The zero-order valence-corrected chi connectivity index (χ0v) is 17.9. The van der Waals surface area contributed by atoms with Crippen molar-refractivity contribution in [1.29, 1.82) is 0 Å². The monoisotopic (exact) mass is 454 g/mol. The summed E-state index contributed by atoms with van der Waals surface area (Å²) >= 11 is 1.51. The number of nitrogens with zero attached hydrogens (tertiary/aromatic N) is 1. The van der Waals surface area contributed by atoms with Gasteiger partial charge in [0.05, 0.1) is 31.9 Å². The largest absolute Gasteiger partial charge is 1.00 e. The molecule has 0 spiro atoms. The topological polar surface area (TPSA) is 38.3 Å². The predicted octanol–water partition coefficient (Wildman–Crippen LogP) is 1.88. The van der Waals surface area contributed by atoms with E-state index in [2.05, 4.69) is 19.4 Å². The third kappa shape index (κ3) is 4.05. The van der Waals surface area contributed by atoms with Crippen LogP contribution in [-0.4, -0.2) is 42.9 Å². The molecule has 0 aliphatic carbocycles. The van der Waals surface area contributed by atoms with Gasteiger partial charge in [0, 0.05) is 36.1 Å². The summed E-state index contributed by atoms with van der Waals surface area (Å²) < 4.78 is 20.4. The summed E-state index contributed by atoms with van der Waals surface area (Å²) in [5.41, 5.74) is 1.26. The first kappa shape index (κ1) is 20.3. The number of ether oxygens (including phenoxy) is 1. The second kappa shape index (κ2) is 7.89. The van der Waals surface area contributed by atoms with Crippen LogP contribution in [0.1, 0.15) is 25.7 Å². The van der Waals surface area contributed by atoms with Gasteiger partial charge in [0.25, 0.3) is 0 Å². The molecule has 0 unspecified atom stereocenters. The summed E-state index contributed by atoms with van der Waals surface area (Å²) in [5.74, 6) is -0.323. The maximum absolute atomic E-state index is 13.7. The Morgan fingerprint density at radius 2 is 1.93 bits per heavy atom. The van der Waals surface area contributed by atoms with Crippen molar-refractivity contribution in [1.82, 2.24) is 0 Å². The Balaban J connectivity index is 0.00000210. The number of carbonyl (C=O) groups is 1. The van der Waals surface area contributed by atoms with E-state index in [0.717, 1.165) is 22.2 Å². The highest BCUT2D eigenvalue weighted by molar-refractivity contribution is 7.13. The Kier molecular flexibility index (Phi) is 5.93. The van der Waals surface area contributed by atoms with E-state index in [-0.39, 0.29) is 28.9 Å². The molecule has 7 heteroatoms. The summed E-state index contributed by atoms with van der Waals surface area (Å²) in [4.78, 5) is 13.4. The van der Waals surface area contributed by atoms with Crippen molar-refractivity contribution in [3.8, 4) is 10.4 Å². The maximum Gasteiger partial charge on any atom is 0.411 e. The van der Waals surface area contributed by atoms with E-state index in [1.54, 1.807) is 6.07 Å². The molecule has 146 valence electrons. The third-order valence-corrected chi connectivity index (χ3v) is 6.97. The number of halogens is 2. The number of carbonyl (C=O) groups excluding carboxylic acids is 1. The van der Waals surface area contributed by atoms with Gasteiger partial charge in [-0.25, -0.2) is 9.18 Å². The van der Waals surface area contributed by atoms with Crippen LogP contribution in [0.4, 0.5) is 14.9 Å². The van der Waals surface area contributed by atoms with E-state index in [1.807, 2.05) is 17.5 Å². The molecule has 0 saturated carbocycles. The highest BCUT2D eigenvalue weighted by atomic mass is 79.9. The summed E-state index contributed by atoms with van der Waals surface area (Å²) in [6.45, 7) is 0. The molecule has 2 bridgehead atoms. The number of anilines is 1. The normalized spacial score (nSPS) is 25.5. The Hall–Kier alpha value is -1.44. The minimum Gasteiger partial charge on any atom is -1.00 e. The van der Waals surface area contributed by atoms with Gasteiger partial charge in [0.15, 0.2) is 0 Å². The van der Waals surface area contributed by atoms with Crippen molar-refractivity contribution < 1.29 is 35.4 Å². The van der Waals surface area contributed by atoms with E-state index in [9.17, 15) is 9.18 Å². The number of rotatable bonds is 3. The lowest BCUT2D eigenvalue weighted by molar-refractivity contribution is -0.931. The third-order valence-electron chi connectivity index (χ3n) is 6.06. The van der Waals surface area contributed by atoms with Gasteiger partial charge < -0.3 is 26.2 Å².